The second kappa shape index (κ2) is 35.5. The Morgan fingerprint density at radius 3 is 0.841 bits per heavy atom. The van der Waals surface area contributed by atoms with E-state index in [1.807, 2.05) is 20.8 Å². The Morgan fingerprint density at radius 2 is 0.545 bits per heavy atom. The van der Waals surface area contributed by atoms with Crippen molar-refractivity contribution < 1.29 is 168 Å². The Balaban J connectivity index is 1.12. The van der Waals surface area contributed by atoms with Crippen LogP contribution in [0.1, 0.15) is 97.8 Å². The first-order valence-corrected chi connectivity index (χ1v) is 30.0. The van der Waals surface area contributed by atoms with Crippen molar-refractivity contribution in [1.29, 1.82) is 0 Å². The van der Waals surface area contributed by atoms with Gasteiger partial charge in [0, 0.05) is 19.3 Å². The third kappa shape index (κ3) is 19.2. The van der Waals surface area contributed by atoms with Crippen molar-refractivity contribution >= 4 is 17.9 Å². The van der Waals surface area contributed by atoms with Gasteiger partial charge in [0.15, 0.2) is 56.1 Å². The van der Waals surface area contributed by atoms with Gasteiger partial charge in [-0.15, -0.1) is 0 Å². The summed E-state index contributed by atoms with van der Waals surface area (Å²) in [6, 6.07) is 0. The lowest BCUT2D eigenvalue weighted by Gasteiger charge is -2.45. The lowest BCUT2D eigenvalue weighted by Crippen LogP contribution is -2.64. The minimum atomic E-state index is -2.07. The summed E-state index contributed by atoms with van der Waals surface area (Å²) in [4.78, 5) is 38.5. The molecule has 0 radical (unpaired) electrons. The summed E-state index contributed by atoms with van der Waals surface area (Å²) < 4.78 is 78.8. The largest absolute Gasteiger partial charge is 0.456 e. The number of esters is 3. The topological polar surface area (TPSA) is 524 Å². The minimum Gasteiger partial charge on any atom is -0.456 e. The fraction of sp³-hybridized carbons (Fsp3) is 0.944. The molecule has 6 fully saturated rings. The zero-order valence-corrected chi connectivity index (χ0v) is 49.1. The van der Waals surface area contributed by atoms with E-state index in [1.165, 1.54) is 0 Å². The van der Waals surface area contributed by atoms with E-state index in [-0.39, 0.29) is 19.3 Å². The monoisotopic (exact) mass is 1280 g/mol. The number of carbonyl (C=O) groups excluding carboxylic acids is 3. The van der Waals surface area contributed by atoms with Crippen LogP contribution in [0.25, 0.3) is 0 Å². The molecule has 6 heterocycles. The predicted octanol–water partition coefficient (Wildman–Crippen LogP) is -7.71. The van der Waals surface area contributed by atoms with E-state index in [1.54, 1.807) is 0 Å². The number of unbranched alkanes of at least 4 members (excludes halogenated alkanes) is 6. The van der Waals surface area contributed by atoms with Gasteiger partial charge in [-0.2, -0.15) is 0 Å². The summed E-state index contributed by atoms with van der Waals surface area (Å²) >= 11 is 0. The van der Waals surface area contributed by atoms with Crippen LogP contribution in [-0.4, -0.2) is 329 Å². The highest BCUT2D eigenvalue weighted by atomic mass is 16.8. The number of ether oxygens (including phenoxy) is 14. The first kappa shape index (κ1) is 74.3. The first-order valence-electron chi connectivity index (χ1n) is 30.0. The van der Waals surface area contributed by atoms with Crippen molar-refractivity contribution in [2.75, 3.05) is 39.6 Å². The van der Waals surface area contributed by atoms with Crippen LogP contribution in [0.3, 0.4) is 0 Å². The molecule has 34 nitrogen and oxygen atoms in total. The predicted molar refractivity (Wildman–Crippen MR) is 283 cm³/mol. The molecule has 0 spiro atoms. The van der Waals surface area contributed by atoms with Crippen LogP contribution in [0.4, 0.5) is 0 Å². The molecule has 17 N–H and O–H groups in total. The van der Waals surface area contributed by atoms with Gasteiger partial charge in [0.25, 0.3) is 0 Å². The van der Waals surface area contributed by atoms with Gasteiger partial charge < -0.3 is 153 Å². The van der Waals surface area contributed by atoms with Gasteiger partial charge in [-0.25, -0.2) is 0 Å². The Kier molecular flexibility index (Phi) is 30.0. The van der Waals surface area contributed by atoms with Gasteiger partial charge >= 0.3 is 17.9 Å². The number of hydrogen-bond donors (Lipinski definition) is 17. The molecule has 34 heteroatoms. The van der Waals surface area contributed by atoms with E-state index < -0.39 is 242 Å². The molecule has 512 valence electrons. The molecule has 0 amide bonds. The SMILES string of the molecule is CCCCCC(=O)O[C@@H]1[C@@H](O)[C@H](OC[C@H]2O[C@@H](OC[C@H]3O[C@@H](OC[C@H]4O[C@@H](OC[C@H]5O[C@@H](OC[C@H]6OC(O)[C@H](O)[C@@H](O)[C@@H]6O)[C@H](O)[C@@H](OC(=O)CCCCC)[C@@H]5O)[C@H](O)[C@@H](O)[C@@H]4O)[C@H](O)[C@@H](OC(=O)CCCCC)[C@@H]3O)[C@H](O)[C@@H](O)[C@@H]2O)O[C@H](CO)[C@H]1O. The smallest absolute Gasteiger partial charge is 0.306 e. The molecule has 6 rings (SSSR count). The maximum Gasteiger partial charge on any atom is 0.306 e. The van der Waals surface area contributed by atoms with Crippen LogP contribution in [0, 0.1) is 0 Å². The van der Waals surface area contributed by atoms with E-state index in [0.29, 0.717) is 38.5 Å². The van der Waals surface area contributed by atoms with E-state index in [4.69, 9.17) is 66.3 Å². The van der Waals surface area contributed by atoms with Crippen LogP contribution in [0.2, 0.25) is 0 Å². The standard InChI is InChI=1S/C54H92O34/c1-4-7-10-13-28(56)86-46-34(62)22(16-55)81-52(43(46)71)78-18-24-32(60)38(66)41(69)50(82-24)76-21-27-36(64)48(88-30(58)15-12-9-6-3)45(73)54(85-27)79-19-25-33(61)39(67)42(70)51(83-25)75-20-26-35(63)47(87-29(57)14-11-8-5-2)44(72)53(84-26)77-17-23-31(59)37(65)40(68)49(74)80-23/h22-27,31-55,59-74H,4-21H2,1-3H3/t22-,23-,24-,25-,26-,27-,31-,32-,33-,34-,35-,36-,37+,38+,39+,40-,41-,42-,43-,44-,45-,46+,47+,48+,49?,50-,51-,52-,53-,54-/m1/s1. The molecule has 6 saturated heterocycles. The molecule has 6 aliphatic heterocycles. The Labute approximate surface area is 506 Å². The molecule has 6 aliphatic rings. The molecule has 0 saturated carbocycles. The fourth-order valence-corrected chi connectivity index (χ4v) is 10.6. The summed E-state index contributed by atoms with van der Waals surface area (Å²) in [5.41, 5.74) is 0. The zero-order valence-electron chi connectivity index (χ0n) is 49.1. The normalized spacial score (nSPS) is 43.2. The van der Waals surface area contributed by atoms with Gasteiger partial charge in [0.05, 0.1) is 39.6 Å². The van der Waals surface area contributed by atoms with Gasteiger partial charge in [-0.3, -0.25) is 14.4 Å². The van der Waals surface area contributed by atoms with Crippen molar-refractivity contribution in [2.45, 2.75) is 282 Å². The quantitative estimate of drug-likeness (QED) is 0.0174. The van der Waals surface area contributed by atoms with Crippen molar-refractivity contribution in [3.05, 3.63) is 0 Å². The van der Waals surface area contributed by atoms with Crippen LogP contribution in [-0.2, 0) is 80.7 Å². The number of aliphatic hydroxyl groups is 17. The molecule has 1 unspecified atom stereocenters. The lowest BCUT2D eigenvalue weighted by molar-refractivity contribution is -0.352. The van der Waals surface area contributed by atoms with E-state index in [2.05, 4.69) is 0 Å². The Bertz CT molecular complexity index is 2070. The highest BCUT2D eigenvalue weighted by molar-refractivity contribution is 5.70. The Morgan fingerprint density at radius 1 is 0.295 bits per heavy atom. The van der Waals surface area contributed by atoms with Crippen LogP contribution in [0.15, 0.2) is 0 Å². The third-order valence-electron chi connectivity index (χ3n) is 16.0. The molecular weight excluding hydrogens is 1190 g/mol. The number of hydrogen-bond acceptors (Lipinski definition) is 34. The molecule has 88 heavy (non-hydrogen) atoms. The summed E-state index contributed by atoms with van der Waals surface area (Å²) in [5, 5.41) is 184. The molecule has 0 aliphatic carbocycles. The third-order valence-corrected chi connectivity index (χ3v) is 16.0. The van der Waals surface area contributed by atoms with E-state index in [0.717, 1.165) is 19.3 Å². The van der Waals surface area contributed by atoms with Crippen molar-refractivity contribution in [3.63, 3.8) is 0 Å². The fourth-order valence-electron chi connectivity index (χ4n) is 10.6. The average Bonchev–Trinajstić information content (AvgIpc) is 1.41. The maximum absolute atomic E-state index is 13.1. The van der Waals surface area contributed by atoms with Crippen molar-refractivity contribution in [2.24, 2.45) is 0 Å². The van der Waals surface area contributed by atoms with Crippen LogP contribution < -0.4 is 0 Å². The summed E-state index contributed by atoms with van der Waals surface area (Å²) in [5.74, 6) is -2.44. The molecule has 0 aromatic rings. The molecular formula is C54H92O34. The maximum atomic E-state index is 13.1. The lowest BCUT2D eigenvalue weighted by atomic mass is 9.97. The van der Waals surface area contributed by atoms with Gasteiger partial charge in [-0.05, 0) is 19.3 Å². The average molecular weight is 1290 g/mol. The summed E-state index contributed by atoms with van der Waals surface area (Å²) in [6.45, 7) is 0.926. The number of carbonyl (C=O) groups is 3. The highest BCUT2D eigenvalue weighted by Crippen LogP contribution is 2.33. The molecule has 30 atom stereocenters. The molecule has 0 aromatic heterocycles. The van der Waals surface area contributed by atoms with E-state index >= 15 is 0 Å². The van der Waals surface area contributed by atoms with E-state index in [9.17, 15) is 101 Å². The first-order chi connectivity index (χ1) is 41.9. The van der Waals surface area contributed by atoms with Crippen LogP contribution >= 0.6 is 0 Å². The highest BCUT2D eigenvalue weighted by Gasteiger charge is 2.54. The zero-order chi connectivity index (χ0) is 64.7. The Hall–Kier alpha value is -2.71. The molecule has 0 aromatic carbocycles. The van der Waals surface area contributed by atoms with Crippen molar-refractivity contribution in [3.8, 4) is 0 Å². The number of rotatable bonds is 31. The van der Waals surface area contributed by atoms with Gasteiger partial charge in [0.1, 0.15) is 128 Å². The molecule has 0 bridgehead atoms. The van der Waals surface area contributed by atoms with Crippen molar-refractivity contribution in [1.82, 2.24) is 0 Å². The second-order valence-electron chi connectivity index (χ2n) is 22.7. The van der Waals surface area contributed by atoms with Gasteiger partial charge in [0.2, 0.25) is 0 Å². The summed E-state index contributed by atoms with van der Waals surface area (Å²) in [7, 11) is 0. The summed E-state index contributed by atoms with van der Waals surface area (Å²) in [6.07, 6.45) is -49.8. The number of aliphatic hydroxyl groups excluding tert-OH is 17. The minimum absolute atomic E-state index is 0.0338. The second-order valence-corrected chi connectivity index (χ2v) is 22.7. The van der Waals surface area contributed by atoms with Crippen LogP contribution in [0.5, 0.6) is 0 Å². The van der Waals surface area contributed by atoms with Gasteiger partial charge in [-0.1, -0.05) is 59.3 Å².